The molecule has 0 aliphatic carbocycles. The van der Waals surface area contributed by atoms with Gasteiger partial charge in [-0.25, -0.2) is 0 Å². The van der Waals surface area contributed by atoms with Gasteiger partial charge >= 0.3 is 0 Å². The molecule has 0 bridgehead atoms. The minimum atomic E-state index is -0.260. The second-order valence-corrected chi connectivity index (χ2v) is 7.82. The van der Waals surface area contributed by atoms with Gasteiger partial charge in [0.15, 0.2) is 4.80 Å². The molecule has 0 saturated carbocycles. The highest BCUT2D eigenvalue weighted by molar-refractivity contribution is 7.16. The first-order valence-electron chi connectivity index (χ1n) is 9.51. The van der Waals surface area contributed by atoms with Gasteiger partial charge in [-0.1, -0.05) is 17.4 Å². The molecule has 0 spiro atoms. The van der Waals surface area contributed by atoms with E-state index in [4.69, 9.17) is 9.47 Å². The number of carbonyl (C=O) groups is 1. The summed E-state index contributed by atoms with van der Waals surface area (Å²) < 4.78 is 14.3. The van der Waals surface area contributed by atoms with Gasteiger partial charge in [-0.15, -0.1) is 0 Å². The van der Waals surface area contributed by atoms with Gasteiger partial charge in [-0.05, 0) is 69.7 Å². The van der Waals surface area contributed by atoms with Crippen molar-refractivity contribution in [3.8, 4) is 5.75 Å². The molecule has 0 saturated heterocycles. The number of carbonyl (C=O) groups excluding carboxylic acids is 1. The minimum Gasteiger partial charge on any atom is -0.491 e. The molecular weight excluding hydrogens is 372 g/mol. The number of aromatic nitrogens is 1. The number of benzene rings is 2. The van der Waals surface area contributed by atoms with E-state index in [0.717, 1.165) is 16.0 Å². The Morgan fingerprint density at radius 3 is 2.61 bits per heavy atom. The largest absolute Gasteiger partial charge is 0.491 e. The van der Waals surface area contributed by atoms with Crippen LogP contribution in [0.4, 0.5) is 0 Å². The summed E-state index contributed by atoms with van der Waals surface area (Å²) in [6, 6.07) is 13.4. The number of thiazole rings is 1. The van der Waals surface area contributed by atoms with Gasteiger partial charge in [0.25, 0.3) is 5.91 Å². The van der Waals surface area contributed by atoms with E-state index < -0.39 is 0 Å². The van der Waals surface area contributed by atoms with E-state index in [1.165, 1.54) is 16.9 Å². The maximum Gasteiger partial charge on any atom is 0.279 e. The van der Waals surface area contributed by atoms with Gasteiger partial charge in [0.05, 0.1) is 22.9 Å². The molecule has 1 aromatic heterocycles. The van der Waals surface area contributed by atoms with Gasteiger partial charge in [-0.3, -0.25) is 4.79 Å². The summed E-state index contributed by atoms with van der Waals surface area (Å²) in [7, 11) is 0. The molecule has 2 aromatic carbocycles. The SMILES string of the molecule is CCOCCn1c(=NC(=O)c2ccc(OC(C)C)cc2)sc2cc(C)ccc21. The van der Waals surface area contributed by atoms with Crippen molar-refractivity contribution in [3.05, 3.63) is 58.4 Å². The lowest BCUT2D eigenvalue weighted by molar-refractivity contribution is 0.0996. The highest BCUT2D eigenvalue weighted by Crippen LogP contribution is 2.19. The molecule has 0 aliphatic heterocycles. The average molecular weight is 399 g/mol. The molecule has 0 radical (unpaired) electrons. The first kappa shape index (κ1) is 20.3. The molecule has 5 nitrogen and oxygen atoms in total. The van der Waals surface area contributed by atoms with Gasteiger partial charge in [0.2, 0.25) is 0 Å². The van der Waals surface area contributed by atoms with Crippen LogP contribution in [0.1, 0.15) is 36.7 Å². The Morgan fingerprint density at radius 1 is 1.18 bits per heavy atom. The lowest BCUT2D eigenvalue weighted by Gasteiger charge is -2.09. The van der Waals surface area contributed by atoms with Crippen molar-refractivity contribution in [1.82, 2.24) is 4.57 Å². The van der Waals surface area contributed by atoms with Crippen LogP contribution in [-0.4, -0.2) is 29.8 Å². The van der Waals surface area contributed by atoms with Crippen molar-refractivity contribution < 1.29 is 14.3 Å². The topological polar surface area (TPSA) is 52.8 Å². The Bertz CT molecular complexity index is 1020. The number of fused-ring (bicyclic) bond motifs is 1. The molecule has 3 aromatic rings. The Kier molecular flexibility index (Phi) is 6.65. The summed E-state index contributed by atoms with van der Waals surface area (Å²) in [5, 5.41) is 0. The lowest BCUT2D eigenvalue weighted by Crippen LogP contribution is -2.19. The van der Waals surface area contributed by atoms with Gasteiger partial charge in [-0.2, -0.15) is 4.99 Å². The molecule has 0 aliphatic rings. The zero-order valence-electron chi connectivity index (χ0n) is 16.8. The van der Waals surface area contributed by atoms with Crippen LogP contribution in [0.5, 0.6) is 5.75 Å². The summed E-state index contributed by atoms with van der Waals surface area (Å²) >= 11 is 1.53. The maximum absolute atomic E-state index is 12.7. The maximum atomic E-state index is 12.7. The van der Waals surface area contributed by atoms with Crippen LogP contribution in [0.15, 0.2) is 47.5 Å². The Balaban J connectivity index is 1.95. The first-order valence-corrected chi connectivity index (χ1v) is 10.3. The van der Waals surface area contributed by atoms with Gasteiger partial charge in [0.1, 0.15) is 5.75 Å². The van der Waals surface area contributed by atoms with Crippen LogP contribution in [0, 0.1) is 6.92 Å². The van der Waals surface area contributed by atoms with Gasteiger partial charge in [0, 0.05) is 18.7 Å². The number of ether oxygens (including phenoxy) is 2. The average Bonchev–Trinajstić information content (AvgIpc) is 2.98. The summed E-state index contributed by atoms with van der Waals surface area (Å²) in [4.78, 5) is 17.8. The molecular formula is C22H26N2O3S. The monoisotopic (exact) mass is 398 g/mol. The molecule has 0 atom stereocenters. The fourth-order valence-corrected chi connectivity index (χ4v) is 4.03. The zero-order valence-corrected chi connectivity index (χ0v) is 17.6. The highest BCUT2D eigenvalue weighted by Gasteiger charge is 2.10. The van der Waals surface area contributed by atoms with Crippen LogP contribution in [-0.2, 0) is 11.3 Å². The van der Waals surface area contributed by atoms with Crippen LogP contribution >= 0.6 is 11.3 Å². The van der Waals surface area contributed by atoms with E-state index in [1.54, 1.807) is 24.3 Å². The summed E-state index contributed by atoms with van der Waals surface area (Å²) in [6.07, 6.45) is 0.0949. The van der Waals surface area contributed by atoms with Crippen molar-refractivity contribution in [2.75, 3.05) is 13.2 Å². The predicted octanol–water partition coefficient (Wildman–Crippen LogP) is 4.58. The van der Waals surface area contributed by atoms with E-state index in [2.05, 4.69) is 34.7 Å². The first-order chi connectivity index (χ1) is 13.5. The number of aryl methyl sites for hydroxylation is 1. The van der Waals surface area contributed by atoms with Crippen LogP contribution in [0.2, 0.25) is 0 Å². The lowest BCUT2D eigenvalue weighted by atomic mass is 10.2. The number of amides is 1. The number of hydrogen-bond donors (Lipinski definition) is 0. The van der Waals surface area contributed by atoms with Crippen LogP contribution in [0.3, 0.4) is 0 Å². The predicted molar refractivity (Wildman–Crippen MR) is 113 cm³/mol. The van der Waals surface area contributed by atoms with Crippen molar-refractivity contribution >= 4 is 27.5 Å². The van der Waals surface area contributed by atoms with Crippen LogP contribution in [0.25, 0.3) is 10.2 Å². The summed E-state index contributed by atoms with van der Waals surface area (Å²) in [5.41, 5.74) is 2.80. The number of hydrogen-bond acceptors (Lipinski definition) is 4. The van der Waals surface area contributed by atoms with E-state index in [0.29, 0.717) is 30.1 Å². The van der Waals surface area contributed by atoms with Crippen molar-refractivity contribution in [2.24, 2.45) is 4.99 Å². The fourth-order valence-electron chi connectivity index (χ4n) is 2.88. The van der Waals surface area contributed by atoms with Gasteiger partial charge < -0.3 is 14.0 Å². The Hall–Kier alpha value is -2.44. The molecule has 1 amide bonds. The Labute approximate surface area is 169 Å². The van der Waals surface area contributed by atoms with Crippen LogP contribution < -0.4 is 9.54 Å². The molecule has 0 N–H and O–H groups in total. The van der Waals surface area contributed by atoms with E-state index >= 15 is 0 Å². The number of nitrogens with zero attached hydrogens (tertiary/aromatic N) is 2. The fraction of sp³-hybridized carbons (Fsp3) is 0.364. The minimum absolute atomic E-state index is 0.0949. The third kappa shape index (κ3) is 4.88. The Morgan fingerprint density at radius 2 is 1.93 bits per heavy atom. The van der Waals surface area contributed by atoms with E-state index in [1.807, 2.05) is 20.8 Å². The molecule has 1 heterocycles. The third-order valence-electron chi connectivity index (χ3n) is 4.17. The van der Waals surface area contributed by atoms with E-state index in [9.17, 15) is 4.79 Å². The van der Waals surface area contributed by atoms with Crippen molar-refractivity contribution in [2.45, 2.75) is 40.3 Å². The highest BCUT2D eigenvalue weighted by atomic mass is 32.1. The quantitative estimate of drug-likeness (QED) is 0.548. The molecule has 0 fully saturated rings. The standard InChI is InChI=1S/C22H26N2O3S/c1-5-26-13-12-24-19-11-6-16(4)14-20(19)28-22(24)23-21(25)17-7-9-18(10-8-17)27-15(2)3/h6-11,14-15H,5,12-13H2,1-4H3. The smallest absolute Gasteiger partial charge is 0.279 e. The zero-order chi connectivity index (χ0) is 20.1. The third-order valence-corrected chi connectivity index (χ3v) is 5.21. The summed E-state index contributed by atoms with van der Waals surface area (Å²) in [6.45, 7) is 9.88. The molecule has 6 heteroatoms. The van der Waals surface area contributed by atoms with Crippen molar-refractivity contribution in [1.29, 1.82) is 0 Å². The van der Waals surface area contributed by atoms with Crippen molar-refractivity contribution in [3.63, 3.8) is 0 Å². The number of rotatable bonds is 7. The molecule has 0 unspecified atom stereocenters. The normalized spacial score (nSPS) is 12.1. The molecule has 148 valence electrons. The molecule has 28 heavy (non-hydrogen) atoms. The molecule has 3 rings (SSSR count). The second kappa shape index (κ2) is 9.17. The second-order valence-electron chi connectivity index (χ2n) is 6.81. The summed E-state index contributed by atoms with van der Waals surface area (Å²) in [5.74, 6) is 0.486. The van der Waals surface area contributed by atoms with E-state index in [-0.39, 0.29) is 12.0 Å².